The van der Waals surface area contributed by atoms with Gasteiger partial charge in [0.1, 0.15) is 0 Å². The predicted molar refractivity (Wildman–Crippen MR) is 195 cm³/mol. The van der Waals surface area contributed by atoms with Crippen molar-refractivity contribution in [1.29, 1.82) is 0 Å². The molecule has 2 aliphatic carbocycles. The maximum absolute atomic E-state index is 7.78. The number of halogens is 2. The van der Waals surface area contributed by atoms with Crippen molar-refractivity contribution in [3.05, 3.63) is 108 Å². The molecule has 2 unspecified atom stereocenters. The van der Waals surface area contributed by atoms with E-state index in [-0.39, 0.29) is 24.8 Å². The van der Waals surface area contributed by atoms with E-state index in [2.05, 4.69) is 129 Å². The number of benzene rings is 2. The number of hydrogen-bond acceptors (Lipinski definition) is 2. The van der Waals surface area contributed by atoms with E-state index >= 15 is 0 Å². The topological polar surface area (TPSA) is 18.5 Å². The van der Waals surface area contributed by atoms with E-state index in [1.165, 1.54) is 44.9 Å². The van der Waals surface area contributed by atoms with Crippen molar-refractivity contribution in [2.24, 2.45) is 0 Å². The molecule has 3 aliphatic rings. The molecule has 47 heavy (non-hydrogen) atoms. The molecule has 7 heteroatoms. The Morgan fingerprint density at radius 3 is 1.30 bits per heavy atom. The minimum Gasteiger partial charge on any atom is -1.00 e. The van der Waals surface area contributed by atoms with E-state index in [4.69, 9.17) is 8.85 Å². The zero-order chi connectivity index (χ0) is 32.5. The normalized spacial score (nSPS) is 18.4. The Morgan fingerprint density at radius 1 is 0.638 bits per heavy atom. The summed E-state index contributed by atoms with van der Waals surface area (Å²) in [5.74, 6) is 2.74. The van der Waals surface area contributed by atoms with Crippen molar-refractivity contribution < 1.29 is 56.9 Å². The van der Waals surface area contributed by atoms with Gasteiger partial charge in [-0.1, -0.05) is 0 Å². The molecule has 1 heterocycles. The van der Waals surface area contributed by atoms with Gasteiger partial charge in [0.25, 0.3) is 0 Å². The third kappa shape index (κ3) is 7.37. The predicted octanol–water partition coefficient (Wildman–Crippen LogP) is 6.52. The second-order valence-electron chi connectivity index (χ2n) is 14.8. The Morgan fingerprint density at radius 2 is 0.979 bits per heavy atom. The molecule has 5 rings (SSSR count). The summed E-state index contributed by atoms with van der Waals surface area (Å²) in [6, 6.07) is 20.9. The van der Waals surface area contributed by atoms with E-state index in [1.54, 1.807) is 0 Å². The first-order chi connectivity index (χ1) is 21.5. The quantitative estimate of drug-likeness (QED) is 0.161. The smallest absolute Gasteiger partial charge is 1.00 e. The largest absolute Gasteiger partial charge is 1.00 e. The molecule has 254 valence electrons. The van der Waals surface area contributed by atoms with Gasteiger partial charge in [0, 0.05) is 0 Å². The summed E-state index contributed by atoms with van der Waals surface area (Å²) in [6.45, 7) is 27.6. The van der Waals surface area contributed by atoms with Crippen LogP contribution in [0.5, 0.6) is 0 Å². The van der Waals surface area contributed by atoms with Crippen LogP contribution in [0.1, 0.15) is 111 Å². The van der Waals surface area contributed by atoms with Crippen LogP contribution in [0.15, 0.2) is 85.4 Å². The molecule has 2 nitrogen and oxygen atoms in total. The summed E-state index contributed by atoms with van der Waals surface area (Å²) in [7, 11) is -4.28. The molecule has 4 bridgehead atoms. The van der Waals surface area contributed by atoms with Crippen LogP contribution in [-0.2, 0) is 32.1 Å². The average molecular weight is 787 g/mol. The third-order valence-corrected chi connectivity index (χ3v) is 26.9. The first-order valence-corrected chi connectivity index (χ1v) is 24.9. The molecule has 2 atom stereocenters. The average Bonchev–Trinajstić information content (AvgIpc) is 3.47. The van der Waals surface area contributed by atoms with E-state index < -0.39 is 39.9 Å². The fourth-order valence-electron chi connectivity index (χ4n) is 8.57. The van der Waals surface area contributed by atoms with Crippen molar-refractivity contribution >= 4 is 27.8 Å². The maximum atomic E-state index is 7.78. The van der Waals surface area contributed by atoms with Crippen LogP contribution in [0.2, 0.25) is 34.3 Å². The van der Waals surface area contributed by atoms with Crippen LogP contribution in [0.4, 0.5) is 0 Å². The van der Waals surface area contributed by atoms with Gasteiger partial charge in [-0.15, -0.1) is 0 Å². The molecule has 0 saturated heterocycles. The first-order valence-electron chi connectivity index (χ1n) is 17.5. The van der Waals surface area contributed by atoms with Crippen LogP contribution in [0, 0.1) is 0 Å². The zero-order valence-corrected chi connectivity index (χ0v) is 35.9. The SMILES string of the molecule is C=CCC[Si](OC1=C2CCC3=C(O[Si](CCC=C)(C(C)C)C(C)C)[CH]([Zr+2][CH]1c1ccccc12)c1ccccc13)(C(C)C)C(C)C.[Cl-].[Cl-]. The number of fused-ring (bicyclic) bond motifs is 8. The number of rotatable bonds is 14. The summed E-state index contributed by atoms with van der Waals surface area (Å²) in [5, 5.41) is 0. The Labute approximate surface area is 312 Å². The minimum atomic E-state index is -2.14. The summed E-state index contributed by atoms with van der Waals surface area (Å²) in [5.41, 5.74) is 11.1. The van der Waals surface area contributed by atoms with Crippen LogP contribution in [0.25, 0.3) is 11.1 Å². The summed E-state index contributed by atoms with van der Waals surface area (Å²) >= 11 is -1.21. The number of hydrogen-bond donors (Lipinski definition) is 0. The number of allylic oxidation sites excluding steroid dienone is 6. The van der Waals surface area contributed by atoms with Gasteiger partial charge in [0.2, 0.25) is 0 Å². The van der Waals surface area contributed by atoms with Gasteiger partial charge < -0.3 is 24.8 Å². The molecule has 1 aliphatic heterocycles. The molecule has 2 aromatic rings. The molecule has 2 aromatic carbocycles. The van der Waals surface area contributed by atoms with Crippen molar-refractivity contribution in [2.45, 2.75) is 123 Å². The van der Waals surface area contributed by atoms with Crippen molar-refractivity contribution in [3.63, 3.8) is 0 Å². The van der Waals surface area contributed by atoms with Crippen molar-refractivity contribution in [2.75, 3.05) is 0 Å². The Balaban J connectivity index is 0.00000300. The van der Waals surface area contributed by atoms with Crippen LogP contribution >= 0.6 is 0 Å². The summed E-state index contributed by atoms with van der Waals surface area (Å²) in [6.07, 6.45) is 8.30. The molecule has 0 saturated carbocycles. The van der Waals surface area contributed by atoms with E-state index in [1.807, 2.05) is 0 Å². The first kappa shape index (κ1) is 40.3. The second kappa shape index (κ2) is 16.7. The van der Waals surface area contributed by atoms with Gasteiger partial charge in [-0.3, -0.25) is 0 Å². The molecule has 0 aromatic heterocycles. The molecular weight excluding hydrogens is 731 g/mol. The van der Waals surface area contributed by atoms with Crippen molar-refractivity contribution in [1.82, 2.24) is 0 Å². The van der Waals surface area contributed by atoms with E-state index in [0.29, 0.717) is 29.4 Å². The van der Waals surface area contributed by atoms with Gasteiger partial charge in [-0.25, -0.2) is 0 Å². The summed E-state index contributed by atoms with van der Waals surface area (Å²) < 4.78 is 16.4. The van der Waals surface area contributed by atoms with E-state index in [9.17, 15) is 0 Å². The standard InChI is InChI=1S/C40H56O2Si2.2ClH.Zr/c1-11-13-25-43(29(3)4,30(5)6)41-39-27-33-19-15-17-21-35(33)37(39)23-24-38-36-22-18-16-20-34(36)28-40(38)42-44(31(7)8,32(9)10)26-14-12-2;;;/h11-12,15-22,27-32H,1-2,13-14,23-26H2,3-10H3;2*1H;/q;;;+2/p-2. The molecule has 0 amide bonds. The molecule has 0 radical (unpaired) electrons. The zero-order valence-electron chi connectivity index (χ0n) is 30.0. The Hall–Kier alpha value is -1.10. The third-order valence-electron chi connectivity index (χ3n) is 11.3. The van der Waals surface area contributed by atoms with Crippen LogP contribution in [-0.4, -0.2) is 16.6 Å². The molecule has 0 spiro atoms. The van der Waals surface area contributed by atoms with Gasteiger partial charge >= 0.3 is 290 Å². The van der Waals surface area contributed by atoms with Crippen LogP contribution < -0.4 is 24.8 Å². The minimum absolute atomic E-state index is 0. The van der Waals surface area contributed by atoms with Gasteiger partial charge in [0.05, 0.1) is 0 Å². The maximum Gasteiger partial charge on any atom is -1.00 e. The van der Waals surface area contributed by atoms with Gasteiger partial charge in [-0.2, -0.15) is 0 Å². The fourth-order valence-corrected chi connectivity index (χ4v) is 22.7. The monoisotopic (exact) mass is 784 g/mol. The molecular formula is C40H56Cl2O2Si2Zr. The van der Waals surface area contributed by atoms with Gasteiger partial charge in [0.15, 0.2) is 0 Å². The summed E-state index contributed by atoms with van der Waals surface area (Å²) in [4.78, 5) is 0. The molecule has 0 fully saturated rings. The van der Waals surface area contributed by atoms with Gasteiger partial charge in [-0.05, 0) is 0 Å². The Kier molecular flexibility index (Phi) is 14.4. The second-order valence-corrected chi connectivity index (χ2v) is 28.3. The fraction of sp³-hybridized carbons (Fsp3) is 0.500. The van der Waals surface area contributed by atoms with Crippen LogP contribution in [0.3, 0.4) is 0 Å². The van der Waals surface area contributed by atoms with Crippen molar-refractivity contribution in [3.8, 4) is 0 Å². The molecule has 0 N–H and O–H groups in total. The Bertz CT molecular complexity index is 1350. The van der Waals surface area contributed by atoms with E-state index in [0.717, 1.165) is 37.8 Å².